The number of aromatic nitrogens is 2. The minimum atomic E-state index is 0.368. The number of benzene rings is 1. The zero-order valence-corrected chi connectivity index (χ0v) is 10.4. The van der Waals surface area contributed by atoms with Crippen LogP contribution in [0.25, 0.3) is 0 Å². The van der Waals surface area contributed by atoms with E-state index in [0.717, 1.165) is 18.1 Å². The second kappa shape index (κ2) is 4.80. The third-order valence-corrected chi connectivity index (χ3v) is 3.12. The van der Waals surface area contributed by atoms with E-state index in [4.69, 9.17) is 9.26 Å². The molecule has 0 aliphatic heterocycles. The fourth-order valence-electron chi connectivity index (χ4n) is 1.90. The maximum atomic E-state index is 5.74. The van der Waals surface area contributed by atoms with Crippen molar-refractivity contribution in [2.24, 2.45) is 0 Å². The fourth-order valence-corrected chi connectivity index (χ4v) is 1.90. The van der Waals surface area contributed by atoms with Crippen LogP contribution in [0.1, 0.15) is 43.0 Å². The highest BCUT2D eigenvalue weighted by Gasteiger charge is 2.29. The number of aryl methyl sites for hydroxylation is 1. The standard InChI is InChI=1S/C14H16N2O2/c1-2-10-5-3-4-6-12(10)17-9-13-15-14(18-16-13)11-7-8-11/h3-6,11H,2,7-9H2,1H3. The molecule has 1 aliphatic carbocycles. The van der Waals surface area contributed by atoms with E-state index in [-0.39, 0.29) is 0 Å². The molecule has 0 unspecified atom stereocenters. The first-order valence-corrected chi connectivity index (χ1v) is 6.40. The minimum absolute atomic E-state index is 0.368. The third-order valence-electron chi connectivity index (χ3n) is 3.12. The number of hydrogen-bond acceptors (Lipinski definition) is 4. The van der Waals surface area contributed by atoms with Gasteiger partial charge in [0.2, 0.25) is 11.7 Å². The van der Waals surface area contributed by atoms with Crippen LogP contribution < -0.4 is 4.74 Å². The summed E-state index contributed by atoms with van der Waals surface area (Å²) in [4.78, 5) is 4.34. The van der Waals surface area contributed by atoms with E-state index in [1.165, 1.54) is 18.4 Å². The average molecular weight is 244 g/mol. The van der Waals surface area contributed by atoms with E-state index in [1.54, 1.807) is 0 Å². The highest BCUT2D eigenvalue weighted by molar-refractivity contribution is 5.33. The van der Waals surface area contributed by atoms with E-state index >= 15 is 0 Å². The van der Waals surface area contributed by atoms with Gasteiger partial charge >= 0.3 is 0 Å². The molecule has 18 heavy (non-hydrogen) atoms. The summed E-state index contributed by atoms with van der Waals surface area (Å²) < 4.78 is 10.9. The largest absolute Gasteiger partial charge is 0.485 e. The zero-order chi connectivity index (χ0) is 12.4. The second-order valence-electron chi connectivity index (χ2n) is 4.57. The van der Waals surface area contributed by atoms with Crippen molar-refractivity contribution in [2.45, 2.75) is 38.7 Å². The molecule has 0 atom stereocenters. The lowest BCUT2D eigenvalue weighted by Gasteiger charge is -2.07. The van der Waals surface area contributed by atoms with Crippen LogP contribution in [0, 0.1) is 0 Å². The molecule has 2 aromatic rings. The van der Waals surface area contributed by atoms with Gasteiger partial charge in [-0.05, 0) is 30.9 Å². The predicted octanol–water partition coefficient (Wildman–Crippen LogP) is 3.09. The van der Waals surface area contributed by atoms with E-state index < -0.39 is 0 Å². The molecule has 0 saturated heterocycles. The summed E-state index contributed by atoms with van der Waals surface area (Å²) >= 11 is 0. The molecule has 1 fully saturated rings. The smallest absolute Gasteiger partial charge is 0.229 e. The van der Waals surface area contributed by atoms with Crippen molar-refractivity contribution in [2.75, 3.05) is 0 Å². The minimum Gasteiger partial charge on any atom is -0.485 e. The van der Waals surface area contributed by atoms with Crippen molar-refractivity contribution >= 4 is 0 Å². The molecule has 0 spiro atoms. The van der Waals surface area contributed by atoms with Gasteiger partial charge in [0.15, 0.2) is 6.61 Å². The van der Waals surface area contributed by atoms with E-state index in [9.17, 15) is 0 Å². The first-order chi connectivity index (χ1) is 8.86. The number of hydrogen-bond donors (Lipinski definition) is 0. The van der Waals surface area contributed by atoms with Crippen molar-refractivity contribution in [1.29, 1.82) is 0 Å². The molecule has 0 bridgehead atoms. The summed E-state index contributed by atoms with van der Waals surface area (Å²) in [7, 11) is 0. The maximum absolute atomic E-state index is 5.74. The van der Waals surface area contributed by atoms with Crippen LogP contribution >= 0.6 is 0 Å². The van der Waals surface area contributed by atoms with Crippen LogP contribution in [-0.2, 0) is 13.0 Å². The van der Waals surface area contributed by atoms with E-state index in [2.05, 4.69) is 23.1 Å². The Kier molecular flexibility index (Phi) is 3.00. The van der Waals surface area contributed by atoms with Gasteiger partial charge in [-0.25, -0.2) is 0 Å². The lowest BCUT2D eigenvalue weighted by atomic mass is 10.1. The third kappa shape index (κ3) is 2.37. The van der Waals surface area contributed by atoms with Crippen molar-refractivity contribution in [3.05, 3.63) is 41.5 Å². The van der Waals surface area contributed by atoms with Crippen LogP contribution in [0.3, 0.4) is 0 Å². The van der Waals surface area contributed by atoms with Gasteiger partial charge < -0.3 is 9.26 Å². The summed E-state index contributed by atoms with van der Waals surface area (Å²) in [6, 6.07) is 8.04. The Bertz CT molecular complexity index is 532. The van der Waals surface area contributed by atoms with Gasteiger partial charge in [0, 0.05) is 5.92 Å². The number of nitrogens with zero attached hydrogens (tertiary/aromatic N) is 2. The lowest BCUT2D eigenvalue weighted by Crippen LogP contribution is -2.00. The summed E-state index contributed by atoms with van der Waals surface area (Å²) in [5.74, 6) is 2.78. The molecule has 4 nitrogen and oxygen atoms in total. The Morgan fingerprint density at radius 1 is 1.33 bits per heavy atom. The van der Waals surface area contributed by atoms with Gasteiger partial charge in [0.05, 0.1) is 0 Å². The van der Waals surface area contributed by atoms with Crippen LogP contribution in [0.4, 0.5) is 0 Å². The summed E-state index contributed by atoms with van der Waals surface area (Å²) in [5, 5.41) is 3.94. The number of rotatable bonds is 5. The number of para-hydroxylation sites is 1. The lowest BCUT2D eigenvalue weighted by molar-refractivity contribution is 0.282. The van der Waals surface area contributed by atoms with Gasteiger partial charge in [-0.1, -0.05) is 30.3 Å². The van der Waals surface area contributed by atoms with Crippen molar-refractivity contribution in [1.82, 2.24) is 10.1 Å². The van der Waals surface area contributed by atoms with Crippen LogP contribution in [0.15, 0.2) is 28.8 Å². The molecule has 94 valence electrons. The second-order valence-corrected chi connectivity index (χ2v) is 4.57. The fraction of sp³-hybridized carbons (Fsp3) is 0.429. The molecule has 0 amide bonds. The first kappa shape index (κ1) is 11.3. The van der Waals surface area contributed by atoms with Crippen LogP contribution in [0.2, 0.25) is 0 Å². The van der Waals surface area contributed by atoms with E-state index in [0.29, 0.717) is 18.3 Å². The SMILES string of the molecule is CCc1ccccc1OCc1noc(C2CC2)n1. The molecule has 1 aromatic carbocycles. The molecule has 1 heterocycles. The Morgan fingerprint density at radius 3 is 2.94 bits per heavy atom. The first-order valence-electron chi connectivity index (χ1n) is 6.40. The van der Waals surface area contributed by atoms with Crippen molar-refractivity contribution in [3.63, 3.8) is 0 Å². The Labute approximate surface area is 106 Å². The van der Waals surface area contributed by atoms with Crippen LogP contribution in [-0.4, -0.2) is 10.1 Å². The molecule has 0 N–H and O–H groups in total. The monoisotopic (exact) mass is 244 g/mol. The van der Waals surface area contributed by atoms with Gasteiger partial charge in [0.25, 0.3) is 0 Å². The highest BCUT2D eigenvalue weighted by Crippen LogP contribution is 2.38. The molecule has 3 rings (SSSR count). The molecular formula is C14H16N2O2. The van der Waals surface area contributed by atoms with Crippen molar-refractivity contribution in [3.8, 4) is 5.75 Å². The molecular weight excluding hydrogens is 228 g/mol. The van der Waals surface area contributed by atoms with E-state index in [1.807, 2.05) is 18.2 Å². The molecule has 4 heteroatoms. The van der Waals surface area contributed by atoms with Gasteiger partial charge in [-0.2, -0.15) is 4.98 Å². The normalized spacial score (nSPS) is 14.7. The molecule has 0 radical (unpaired) electrons. The Hall–Kier alpha value is -1.84. The quantitative estimate of drug-likeness (QED) is 0.811. The van der Waals surface area contributed by atoms with Gasteiger partial charge in [-0.3, -0.25) is 0 Å². The zero-order valence-electron chi connectivity index (χ0n) is 10.4. The molecule has 1 saturated carbocycles. The van der Waals surface area contributed by atoms with Gasteiger partial charge in [-0.15, -0.1) is 0 Å². The predicted molar refractivity (Wildman–Crippen MR) is 66.4 cm³/mol. The summed E-state index contributed by atoms with van der Waals surface area (Å²) in [5.41, 5.74) is 1.20. The molecule has 1 aliphatic rings. The number of ether oxygens (including phenoxy) is 1. The molecule has 1 aromatic heterocycles. The summed E-state index contributed by atoms with van der Waals surface area (Å²) in [6.07, 6.45) is 3.29. The maximum Gasteiger partial charge on any atom is 0.229 e. The Morgan fingerprint density at radius 2 is 2.17 bits per heavy atom. The summed E-state index contributed by atoms with van der Waals surface area (Å²) in [6.45, 7) is 2.48. The van der Waals surface area contributed by atoms with Crippen LogP contribution in [0.5, 0.6) is 5.75 Å². The highest BCUT2D eigenvalue weighted by atomic mass is 16.5. The average Bonchev–Trinajstić information content (AvgIpc) is 3.16. The topological polar surface area (TPSA) is 48.2 Å². The van der Waals surface area contributed by atoms with Crippen molar-refractivity contribution < 1.29 is 9.26 Å². The Balaban J connectivity index is 1.65. The van der Waals surface area contributed by atoms with Gasteiger partial charge in [0.1, 0.15) is 5.75 Å².